The number of fused-ring (bicyclic) bond motifs is 9. The SMILES string of the molecule is CCOC(=O)[C@@H](OC(C)(C)C)c1c(C)nc2cc3nn2c1N1CCC(C)(CC1)OCC/C=C\C(C(F)(F)F)Oc1cc(F)ccc1COC3. The van der Waals surface area contributed by atoms with Crippen molar-refractivity contribution in [3.8, 4) is 5.75 Å². The number of alkyl halides is 3. The summed E-state index contributed by atoms with van der Waals surface area (Å²) in [5, 5.41) is 4.82. The summed E-state index contributed by atoms with van der Waals surface area (Å²) in [5.74, 6) is -0.920. The van der Waals surface area contributed by atoms with E-state index >= 15 is 0 Å². The Morgan fingerprint density at radius 3 is 2.55 bits per heavy atom. The van der Waals surface area contributed by atoms with Crippen molar-refractivity contribution in [1.29, 1.82) is 0 Å². The molecule has 3 aromatic rings. The molecule has 1 fully saturated rings. The number of aryl methyl sites for hydroxylation is 1. The second-order valence-corrected chi connectivity index (χ2v) is 13.5. The summed E-state index contributed by atoms with van der Waals surface area (Å²) < 4.78 is 87.0. The number of hydrogen-bond donors (Lipinski definition) is 0. The Kier molecular flexibility index (Phi) is 10.9. The van der Waals surface area contributed by atoms with Gasteiger partial charge in [-0.05, 0) is 72.9 Å². The van der Waals surface area contributed by atoms with Crippen LogP contribution >= 0.6 is 0 Å². The highest BCUT2D eigenvalue weighted by Gasteiger charge is 2.41. The third-order valence-corrected chi connectivity index (χ3v) is 8.37. The van der Waals surface area contributed by atoms with Gasteiger partial charge < -0.3 is 28.6 Å². The van der Waals surface area contributed by atoms with Gasteiger partial charge in [0.2, 0.25) is 6.10 Å². The molecular formula is C35H44F4N4O6. The van der Waals surface area contributed by atoms with Crippen molar-refractivity contribution < 1.29 is 46.0 Å². The first-order valence-electron chi connectivity index (χ1n) is 16.5. The molecule has 0 radical (unpaired) electrons. The fourth-order valence-corrected chi connectivity index (χ4v) is 5.94. The molecule has 14 heteroatoms. The average Bonchev–Trinajstić information content (AvgIpc) is 3.41. The molecule has 10 nitrogen and oxygen atoms in total. The van der Waals surface area contributed by atoms with Crippen molar-refractivity contribution in [2.24, 2.45) is 0 Å². The predicted octanol–water partition coefficient (Wildman–Crippen LogP) is 6.96. The van der Waals surface area contributed by atoms with E-state index in [1.807, 2.05) is 34.6 Å². The molecule has 0 amide bonds. The van der Waals surface area contributed by atoms with Crippen LogP contribution in [0.1, 0.15) is 82.5 Å². The largest absolute Gasteiger partial charge is 0.476 e. The number of nitrogens with zero attached hydrogens (tertiary/aromatic N) is 4. The minimum absolute atomic E-state index is 0.0394. The maximum Gasteiger partial charge on any atom is 0.429 e. The van der Waals surface area contributed by atoms with Crippen molar-refractivity contribution >= 4 is 17.4 Å². The number of piperidine rings is 1. The fraction of sp³-hybridized carbons (Fsp3) is 0.571. The molecule has 2 atom stereocenters. The number of aromatic nitrogens is 3. The minimum atomic E-state index is -4.74. The number of anilines is 1. The van der Waals surface area contributed by atoms with Crippen LogP contribution < -0.4 is 9.64 Å². The fourth-order valence-electron chi connectivity index (χ4n) is 5.94. The molecule has 3 aliphatic rings. The first-order chi connectivity index (χ1) is 23.1. The van der Waals surface area contributed by atoms with E-state index in [2.05, 4.69) is 4.90 Å². The van der Waals surface area contributed by atoms with Gasteiger partial charge in [-0.15, -0.1) is 0 Å². The maximum absolute atomic E-state index is 14.2. The molecule has 2 aromatic heterocycles. The average molecular weight is 693 g/mol. The minimum Gasteiger partial charge on any atom is -0.476 e. The smallest absolute Gasteiger partial charge is 0.429 e. The molecule has 6 rings (SSSR count). The van der Waals surface area contributed by atoms with E-state index in [4.69, 9.17) is 33.8 Å². The van der Waals surface area contributed by atoms with Crippen molar-refractivity contribution in [3.05, 3.63) is 64.7 Å². The zero-order chi connectivity index (χ0) is 35.6. The molecule has 4 bridgehead atoms. The van der Waals surface area contributed by atoms with Crippen LogP contribution in [0.15, 0.2) is 36.4 Å². The van der Waals surface area contributed by atoms with Crippen LogP contribution in [-0.2, 0) is 37.0 Å². The van der Waals surface area contributed by atoms with E-state index < -0.39 is 41.4 Å². The van der Waals surface area contributed by atoms with Gasteiger partial charge in [0.25, 0.3) is 0 Å². The molecule has 0 saturated carbocycles. The second kappa shape index (κ2) is 14.6. The van der Waals surface area contributed by atoms with Gasteiger partial charge in [-0.25, -0.2) is 14.2 Å². The van der Waals surface area contributed by atoms with E-state index in [1.54, 1.807) is 17.5 Å². The van der Waals surface area contributed by atoms with Gasteiger partial charge >= 0.3 is 12.1 Å². The van der Waals surface area contributed by atoms with Crippen molar-refractivity contribution in [2.45, 2.75) is 104 Å². The van der Waals surface area contributed by atoms with Crippen molar-refractivity contribution in [2.75, 3.05) is 31.2 Å². The first kappa shape index (κ1) is 36.5. The topological polar surface area (TPSA) is 96.7 Å². The maximum atomic E-state index is 14.2. The molecule has 0 aliphatic carbocycles. The standard InChI is InChI=1S/C35H44F4N4O6/c1-7-46-32(44)30(49-33(3,4)5)29-22(2)40-28-19-25-21-45-20-23-11-12-24(36)18-26(23)48-27(35(37,38)39)10-8-9-17-47-34(6)13-15-42(16-14-34)31(29)43(28)41-25/h8,10-12,18-19,27,30H,7,9,13-17,20-21H2,1-6H3/b10-8-/t27?,30-/m0/s1. The highest BCUT2D eigenvalue weighted by atomic mass is 19.4. The highest BCUT2D eigenvalue weighted by Crippen LogP contribution is 2.38. The monoisotopic (exact) mass is 692 g/mol. The summed E-state index contributed by atoms with van der Waals surface area (Å²) in [6, 6.07) is 5.12. The highest BCUT2D eigenvalue weighted by molar-refractivity contribution is 5.80. The second-order valence-electron chi connectivity index (χ2n) is 13.5. The molecule has 1 unspecified atom stereocenters. The number of esters is 1. The number of rotatable bonds is 4. The number of hydrogen-bond acceptors (Lipinski definition) is 9. The van der Waals surface area contributed by atoms with Gasteiger partial charge in [0.15, 0.2) is 11.8 Å². The molecule has 0 N–H and O–H groups in total. The van der Waals surface area contributed by atoms with E-state index in [0.29, 0.717) is 54.3 Å². The molecule has 1 saturated heterocycles. The molecule has 268 valence electrons. The van der Waals surface area contributed by atoms with Crippen LogP contribution in [0.25, 0.3) is 5.65 Å². The van der Waals surface area contributed by atoms with Crippen LogP contribution in [-0.4, -0.2) is 70.4 Å². The van der Waals surface area contributed by atoms with E-state index in [1.165, 1.54) is 12.1 Å². The summed E-state index contributed by atoms with van der Waals surface area (Å²) in [5.41, 5.74) is 1.08. The number of ether oxygens (including phenoxy) is 5. The molecular weight excluding hydrogens is 648 g/mol. The zero-order valence-corrected chi connectivity index (χ0v) is 28.7. The van der Waals surface area contributed by atoms with Crippen molar-refractivity contribution in [3.63, 3.8) is 0 Å². The Balaban J connectivity index is 1.58. The molecule has 49 heavy (non-hydrogen) atoms. The number of halogens is 4. The quantitative estimate of drug-likeness (QED) is 0.163. The summed E-state index contributed by atoms with van der Waals surface area (Å²) in [4.78, 5) is 20.4. The predicted molar refractivity (Wildman–Crippen MR) is 173 cm³/mol. The number of benzene rings is 1. The van der Waals surface area contributed by atoms with Gasteiger partial charge in [-0.3, -0.25) is 0 Å². The van der Waals surface area contributed by atoms with E-state index in [-0.39, 0.29) is 44.2 Å². The molecule has 0 spiro atoms. The number of carbonyl (C=O) groups is 1. The Morgan fingerprint density at radius 1 is 1.14 bits per heavy atom. The Bertz CT molecular complexity index is 1660. The summed E-state index contributed by atoms with van der Waals surface area (Å²) in [7, 11) is 0. The lowest BCUT2D eigenvalue weighted by molar-refractivity contribution is -0.180. The molecule has 1 aromatic carbocycles. The van der Waals surface area contributed by atoms with Gasteiger partial charge in [0.05, 0.1) is 48.9 Å². The van der Waals surface area contributed by atoms with Crippen LogP contribution in [0.2, 0.25) is 0 Å². The van der Waals surface area contributed by atoms with Gasteiger partial charge in [0.1, 0.15) is 17.4 Å². The van der Waals surface area contributed by atoms with E-state index in [0.717, 1.165) is 18.2 Å². The normalized spacial score (nSPS) is 22.4. The summed E-state index contributed by atoms with van der Waals surface area (Å²) >= 11 is 0. The van der Waals surface area contributed by atoms with Crippen LogP contribution in [0, 0.1) is 12.7 Å². The zero-order valence-electron chi connectivity index (χ0n) is 28.7. The Labute approximate surface area is 283 Å². The number of carbonyl (C=O) groups excluding carboxylic acids is 1. The molecule has 5 heterocycles. The third-order valence-electron chi connectivity index (χ3n) is 8.37. The van der Waals surface area contributed by atoms with Crippen molar-refractivity contribution in [1.82, 2.24) is 14.6 Å². The van der Waals surface area contributed by atoms with Gasteiger partial charge in [0, 0.05) is 36.5 Å². The summed E-state index contributed by atoms with van der Waals surface area (Å²) in [6.07, 6.45) is -4.43. The Morgan fingerprint density at radius 2 is 1.88 bits per heavy atom. The van der Waals surface area contributed by atoms with Gasteiger partial charge in [-0.2, -0.15) is 22.8 Å². The van der Waals surface area contributed by atoms with Crippen LogP contribution in [0.5, 0.6) is 5.75 Å². The summed E-state index contributed by atoms with van der Waals surface area (Å²) in [6.45, 7) is 12.3. The third kappa shape index (κ3) is 8.89. The lowest BCUT2D eigenvalue weighted by atomic mass is 9.92. The van der Waals surface area contributed by atoms with Gasteiger partial charge in [-0.1, -0.05) is 12.1 Å². The molecule has 3 aliphatic heterocycles. The lowest BCUT2D eigenvalue weighted by Gasteiger charge is -2.41. The first-order valence-corrected chi connectivity index (χ1v) is 16.5. The van der Waals surface area contributed by atoms with Crippen LogP contribution in [0.3, 0.4) is 0 Å². The Hall–Kier alpha value is -3.75. The lowest BCUT2D eigenvalue weighted by Crippen LogP contribution is -2.46. The van der Waals surface area contributed by atoms with E-state index in [9.17, 15) is 22.4 Å². The van der Waals surface area contributed by atoms with Crippen LogP contribution in [0.4, 0.5) is 23.4 Å².